The first kappa shape index (κ1) is 13.3. The molecule has 2 aromatic rings. The molecule has 2 N–H and O–H groups in total. The summed E-state index contributed by atoms with van der Waals surface area (Å²) in [7, 11) is 1.63. The topological polar surface area (TPSA) is 59.0 Å². The molecule has 4 heteroatoms. The van der Waals surface area contributed by atoms with E-state index in [2.05, 4.69) is 6.07 Å². The van der Waals surface area contributed by atoms with Gasteiger partial charge in [0.15, 0.2) is 0 Å². The molecular formula is C15H14N2OS. The number of nitrogens with two attached hydrogens (primary N) is 1. The first-order valence-electron chi connectivity index (χ1n) is 5.78. The van der Waals surface area contributed by atoms with E-state index in [0.29, 0.717) is 11.3 Å². The van der Waals surface area contributed by atoms with E-state index in [0.717, 1.165) is 22.0 Å². The lowest BCUT2D eigenvalue weighted by Crippen LogP contribution is -1.91. The minimum atomic E-state index is 0.683. The first-order chi connectivity index (χ1) is 9.22. The molecule has 96 valence electrons. The Kier molecular flexibility index (Phi) is 4.32. The minimum Gasteiger partial charge on any atom is -0.496 e. The Balaban J connectivity index is 2.12. The maximum atomic E-state index is 8.87. The number of nitrogen functional groups attached to an aromatic ring is 1. The maximum absolute atomic E-state index is 8.87. The molecule has 0 spiro atoms. The van der Waals surface area contributed by atoms with Gasteiger partial charge in [-0.15, -0.1) is 11.8 Å². The van der Waals surface area contributed by atoms with E-state index < -0.39 is 0 Å². The molecule has 0 atom stereocenters. The van der Waals surface area contributed by atoms with Gasteiger partial charge >= 0.3 is 0 Å². The molecule has 0 heterocycles. The molecule has 0 saturated carbocycles. The molecule has 0 fully saturated rings. The van der Waals surface area contributed by atoms with Crippen molar-refractivity contribution in [1.82, 2.24) is 0 Å². The molecule has 19 heavy (non-hydrogen) atoms. The van der Waals surface area contributed by atoms with Crippen LogP contribution in [0.25, 0.3) is 0 Å². The lowest BCUT2D eigenvalue weighted by atomic mass is 10.2. The van der Waals surface area contributed by atoms with Crippen molar-refractivity contribution in [3.63, 3.8) is 0 Å². The number of nitriles is 1. The van der Waals surface area contributed by atoms with E-state index in [1.54, 1.807) is 24.9 Å². The number of anilines is 1. The molecule has 0 bridgehead atoms. The van der Waals surface area contributed by atoms with Crippen molar-refractivity contribution in [3.05, 3.63) is 53.6 Å². The van der Waals surface area contributed by atoms with Crippen LogP contribution < -0.4 is 10.5 Å². The van der Waals surface area contributed by atoms with E-state index >= 15 is 0 Å². The summed E-state index contributed by atoms with van der Waals surface area (Å²) in [6.45, 7) is 0. The van der Waals surface area contributed by atoms with Gasteiger partial charge in [0.1, 0.15) is 5.75 Å². The standard InChI is InChI=1S/C15H14N2OS/c1-18-14-8-13(17)5-6-15(14)19-10-12-4-2-3-11(7-12)9-16/h2-8H,10,17H2,1H3. The molecule has 0 unspecified atom stereocenters. The second-order valence-electron chi connectivity index (χ2n) is 4.01. The van der Waals surface area contributed by atoms with Crippen LogP contribution in [0.4, 0.5) is 5.69 Å². The molecule has 0 radical (unpaired) electrons. The Labute approximate surface area is 117 Å². The SMILES string of the molecule is COc1cc(N)ccc1SCc1cccc(C#N)c1. The lowest BCUT2D eigenvalue weighted by molar-refractivity contribution is 0.405. The molecule has 3 nitrogen and oxygen atoms in total. The fourth-order valence-electron chi connectivity index (χ4n) is 1.70. The van der Waals surface area contributed by atoms with E-state index in [1.165, 1.54) is 0 Å². The van der Waals surface area contributed by atoms with Crippen molar-refractivity contribution >= 4 is 17.4 Å². The largest absolute Gasteiger partial charge is 0.496 e. The summed E-state index contributed by atoms with van der Waals surface area (Å²) < 4.78 is 5.31. The van der Waals surface area contributed by atoms with Crippen LogP contribution in [-0.2, 0) is 5.75 Å². The highest BCUT2D eigenvalue weighted by Gasteiger charge is 2.05. The number of nitrogens with zero attached hydrogens (tertiary/aromatic N) is 1. The van der Waals surface area contributed by atoms with Gasteiger partial charge in [-0.05, 0) is 29.8 Å². The van der Waals surface area contributed by atoms with Gasteiger partial charge in [0.2, 0.25) is 0 Å². The van der Waals surface area contributed by atoms with Crippen LogP contribution in [0.2, 0.25) is 0 Å². The average molecular weight is 270 g/mol. The summed E-state index contributed by atoms with van der Waals surface area (Å²) in [5, 5.41) is 8.87. The quantitative estimate of drug-likeness (QED) is 0.683. The summed E-state index contributed by atoms with van der Waals surface area (Å²) >= 11 is 1.66. The minimum absolute atomic E-state index is 0.683. The lowest BCUT2D eigenvalue weighted by Gasteiger charge is -2.09. The summed E-state index contributed by atoms with van der Waals surface area (Å²) in [5.74, 6) is 1.57. The van der Waals surface area contributed by atoms with Crippen LogP contribution in [-0.4, -0.2) is 7.11 Å². The third-order valence-electron chi connectivity index (χ3n) is 2.64. The molecule has 0 aromatic heterocycles. The van der Waals surface area contributed by atoms with E-state index in [9.17, 15) is 0 Å². The zero-order chi connectivity index (χ0) is 13.7. The summed E-state index contributed by atoms with van der Waals surface area (Å²) in [6.07, 6.45) is 0. The Morgan fingerprint density at radius 3 is 2.84 bits per heavy atom. The Morgan fingerprint density at radius 1 is 1.26 bits per heavy atom. The van der Waals surface area contributed by atoms with Crippen molar-refractivity contribution in [2.75, 3.05) is 12.8 Å². The van der Waals surface area contributed by atoms with Crippen LogP contribution in [0.3, 0.4) is 0 Å². The molecule has 0 aliphatic carbocycles. The molecular weight excluding hydrogens is 256 g/mol. The van der Waals surface area contributed by atoms with Gasteiger partial charge in [0.05, 0.1) is 18.7 Å². The number of thioether (sulfide) groups is 1. The summed E-state index contributed by atoms with van der Waals surface area (Å²) in [6, 6.07) is 15.4. The van der Waals surface area contributed by atoms with Crippen molar-refractivity contribution < 1.29 is 4.74 Å². The van der Waals surface area contributed by atoms with Gasteiger partial charge in [0, 0.05) is 22.4 Å². The number of ether oxygens (including phenoxy) is 1. The molecule has 0 aliphatic rings. The van der Waals surface area contributed by atoms with Crippen LogP contribution in [0, 0.1) is 11.3 Å². The molecule has 2 aromatic carbocycles. The van der Waals surface area contributed by atoms with Crippen LogP contribution in [0.5, 0.6) is 5.75 Å². The van der Waals surface area contributed by atoms with Gasteiger partial charge < -0.3 is 10.5 Å². The van der Waals surface area contributed by atoms with Crippen molar-refractivity contribution in [2.45, 2.75) is 10.6 Å². The van der Waals surface area contributed by atoms with Gasteiger partial charge in [-0.2, -0.15) is 5.26 Å². The predicted octanol–water partition coefficient (Wildman–Crippen LogP) is 3.44. The Bertz CT molecular complexity index is 620. The average Bonchev–Trinajstić information content (AvgIpc) is 2.46. The third-order valence-corrected chi connectivity index (χ3v) is 3.76. The normalized spacial score (nSPS) is 9.89. The predicted molar refractivity (Wildman–Crippen MR) is 78.1 cm³/mol. The monoisotopic (exact) mass is 270 g/mol. The number of benzene rings is 2. The molecule has 0 saturated heterocycles. The van der Waals surface area contributed by atoms with Gasteiger partial charge in [-0.25, -0.2) is 0 Å². The van der Waals surface area contributed by atoms with E-state index in [-0.39, 0.29) is 0 Å². The fourth-order valence-corrected chi connectivity index (χ4v) is 2.65. The van der Waals surface area contributed by atoms with Crippen molar-refractivity contribution in [3.8, 4) is 11.8 Å². The molecule has 0 aliphatic heterocycles. The molecule has 0 amide bonds. The summed E-state index contributed by atoms with van der Waals surface area (Å²) in [5.41, 5.74) is 8.21. The second-order valence-corrected chi connectivity index (χ2v) is 5.03. The number of rotatable bonds is 4. The van der Waals surface area contributed by atoms with Gasteiger partial charge in [-0.3, -0.25) is 0 Å². The molecule has 2 rings (SSSR count). The van der Waals surface area contributed by atoms with E-state index in [4.69, 9.17) is 15.7 Å². The van der Waals surface area contributed by atoms with Crippen LogP contribution in [0.1, 0.15) is 11.1 Å². The Hall–Kier alpha value is -2.12. The highest BCUT2D eigenvalue weighted by molar-refractivity contribution is 7.98. The van der Waals surface area contributed by atoms with Crippen LogP contribution in [0.15, 0.2) is 47.4 Å². The Morgan fingerprint density at radius 2 is 2.11 bits per heavy atom. The van der Waals surface area contributed by atoms with Crippen molar-refractivity contribution in [2.24, 2.45) is 0 Å². The zero-order valence-electron chi connectivity index (χ0n) is 10.6. The highest BCUT2D eigenvalue weighted by Crippen LogP contribution is 2.33. The smallest absolute Gasteiger partial charge is 0.134 e. The van der Waals surface area contributed by atoms with E-state index in [1.807, 2.05) is 36.4 Å². The highest BCUT2D eigenvalue weighted by atomic mass is 32.2. The third kappa shape index (κ3) is 3.43. The fraction of sp³-hybridized carbons (Fsp3) is 0.133. The van der Waals surface area contributed by atoms with Crippen molar-refractivity contribution in [1.29, 1.82) is 5.26 Å². The number of methoxy groups -OCH3 is 1. The summed E-state index contributed by atoms with van der Waals surface area (Å²) in [4.78, 5) is 1.04. The van der Waals surface area contributed by atoms with Gasteiger partial charge in [0.25, 0.3) is 0 Å². The second kappa shape index (κ2) is 6.17. The number of hydrogen-bond acceptors (Lipinski definition) is 4. The number of hydrogen-bond donors (Lipinski definition) is 1. The zero-order valence-corrected chi connectivity index (χ0v) is 11.4. The van der Waals surface area contributed by atoms with Gasteiger partial charge in [-0.1, -0.05) is 12.1 Å². The first-order valence-corrected chi connectivity index (χ1v) is 6.77. The van der Waals surface area contributed by atoms with Crippen LogP contribution >= 0.6 is 11.8 Å². The maximum Gasteiger partial charge on any atom is 0.134 e.